The number of nitrogens with one attached hydrogen (secondary N) is 2. The van der Waals surface area contributed by atoms with Crippen molar-refractivity contribution in [1.82, 2.24) is 14.8 Å². The summed E-state index contributed by atoms with van der Waals surface area (Å²) in [6, 6.07) is 1.69. The first-order valence-corrected chi connectivity index (χ1v) is 10.0. The van der Waals surface area contributed by atoms with Crippen LogP contribution in [0.3, 0.4) is 0 Å². The highest BCUT2D eigenvalue weighted by Gasteiger charge is 2.30. The molecule has 0 unspecified atom stereocenters. The molecule has 0 bridgehead atoms. The summed E-state index contributed by atoms with van der Waals surface area (Å²) in [5, 5.41) is 8.51. The summed E-state index contributed by atoms with van der Waals surface area (Å²) in [5.74, 6) is 0. The van der Waals surface area contributed by atoms with Crippen LogP contribution in [0.2, 0.25) is 0 Å². The summed E-state index contributed by atoms with van der Waals surface area (Å²) in [6.07, 6.45) is -2.50. The summed E-state index contributed by atoms with van der Waals surface area (Å²) in [5.41, 5.74) is 4.95. The second kappa shape index (κ2) is 8.78. The Balaban J connectivity index is 1.80. The van der Waals surface area contributed by atoms with Gasteiger partial charge in [-0.25, -0.2) is 9.59 Å². The molecule has 0 radical (unpaired) electrons. The largest absolute Gasteiger partial charge is 0.406 e. The van der Waals surface area contributed by atoms with Gasteiger partial charge in [-0.15, -0.1) is 0 Å². The van der Waals surface area contributed by atoms with E-state index in [0.717, 1.165) is 6.20 Å². The third kappa shape index (κ3) is 5.53. The summed E-state index contributed by atoms with van der Waals surface area (Å²) < 4.78 is 39.3. The summed E-state index contributed by atoms with van der Waals surface area (Å²) in [4.78, 5) is 37.5. The topological polar surface area (TPSA) is 109 Å². The van der Waals surface area contributed by atoms with Gasteiger partial charge in [-0.2, -0.15) is 24.5 Å². The molecule has 2 aromatic heterocycles. The number of rotatable bonds is 4. The lowest BCUT2D eigenvalue weighted by Crippen LogP contribution is -2.49. The number of primary amides is 1. The van der Waals surface area contributed by atoms with Crippen molar-refractivity contribution in [3.05, 3.63) is 39.4 Å². The summed E-state index contributed by atoms with van der Waals surface area (Å²) in [7, 11) is 0. The number of thiophene rings is 1. The molecule has 3 heterocycles. The van der Waals surface area contributed by atoms with Crippen LogP contribution in [0.25, 0.3) is 11.1 Å². The van der Waals surface area contributed by atoms with E-state index in [9.17, 15) is 27.6 Å². The number of nitrogens with two attached hydrogens (primary N) is 1. The maximum atomic E-state index is 12.9. The van der Waals surface area contributed by atoms with Crippen molar-refractivity contribution in [2.45, 2.75) is 31.6 Å². The fraction of sp³-hybridized carbons (Fsp3) is 0.389. The molecule has 1 aliphatic heterocycles. The number of piperidine rings is 1. The van der Waals surface area contributed by atoms with Crippen LogP contribution >= 0.6 is 11.3 Å². The van der Waals surface area contributed by atoms with E-state index in [4.69, 9.17) is 5.73 Å². The van der Waals surface area contributed by atoms with Crippen molar-refractivity contribution < 1.29 is 22.8 Å². The van der Waals surface area contributed by atoms with Gasteiger partial charge in [0.15, 0.2) is 0 Å². The first-order valence-electron chi connectivity index (χ1n) is 9.08. The molecule has 4 amide bonds. The van der Waals surface area contributed by atoms with E-state index in [1.54, 1.807) is 16.8 Å². The summed E-state index contributed by atoms with van der Waals surface area (Å²) >= 11 is 1.36. The number of nitrogens with zero attached hydrogens (tertiary/aromatic N) is 2. The minimum Gasteiger partial charge on any atom is -0.352 e. The average molecular weight is 443 g/mol. The molecule has 4 N–H and O–H groups in total. The summed E-state index contributed by atoms with van der Waals surface area (Å²) in [6.45, 7) is -0.855. The first kappa shape index (κ1) is 21.7. The lowest BCUT2D eigenvalue weighted by molar-refractivity contribution is -0.141. The van der Waals surface area contributed by atoms with E-state index >= 15 is 0 Å². The number of aromatic nitrogens is 1. The van der Waals surface area contributed by atoms with Crippen LogP contribution in [0.5, 0.6) is 0 Å². The highest BCUT2D eigenvalue weighted by molar-refractivity contribution is 7.08. The molecule has 0 atom stereocenters. The predicted octanol–water partition coefficient (Wildman–Crippen LogP) is 2.80. The second-order valence-corrected chi connectivity index (χ2v) is 7.68. The van der Waals surface area contributed by atoms with Crippen molar-refractivity contribution in [2.24, 2.45) is 5.73 Å². The van der Waals surface area contributed by atoms with E-state index in [2.05, 4.69) is 10.6 Å². The van der Waals surface area contributed by atoms with Gasteiger partial charge in [0.25, 0.3) is 5.56 Å². The number of likely N-dealkylation sites (tertiary alicyclic amines) is 1. The molecule has 1 saturated heterocycles. The van der Waals surface area contributed by atoms with Gasteiger partial charge < -0.3 is 25.8 Å². The van der Waals surface area contributed by atoms with Gasteiger partial charge in [-0.1, -0.05) is 0 Å². The van der Waals surface area contributed by atoms with Crippen molar-refractivity contribution in [3.8, 4) is 11.1 Å². The van der Waals surface area contributed by atoms with Crippen LogP contribution in [0.15, 0.2) is 33.9 Å². The molecule has 30 heavy (non-hydrogen) atoms. The van der Waals surface area contributed by atoms with Crippen LogP contribution in [0.4, 0.5) is 28.4 Å². The second-order valence-electron chi connectivity index (χ2n) is 6.90. The molecule has 0 aliphatic carbocycles. The van der Waals surface area contributed by atoms with Gasteiger partial charge in [0.2, 0.25) is 0 Å². The number of hydrogen-bond donors (Lipinski definition) is 3. The van der Waals surface area contributed by atoms with Crippen LogP contribution < -0.4 is 21.9 Å². The maximum Gasteiger partial charge on any atom is 0.406 e. The minimum absolute atomic E-state index is 0.155. The van der Waals surface area contributed by atoms with Gasteiger partial charge >= 0.3 is 18.2 Å². The fourth-order valence-electron chi connectivity index (χ4n) is 3.24. The highest BCUT2D eigenvalue weighted by Crippen LogP contribution is 2.25. The Labute approximate surface area is 173 Å². The van der Waals surface area contributed by atoms with Crippen LogP contribution in [-0.4, -0.2) is 46.8 Å². The Bertz CT molecular complexity index is 966. The van der Waals surface area contributed by atoms with Gasteiger partial charge in [0, 0.05) is 30.9 Å². The number of urea groups is 2. The number of halogens is 3. The van der Waals surface area contributed by atoms with Gasteiger partial charge in [-0.05, 0) is 41.3 Å². The van der Waals surface area contributed by atoms with E-state index in [1.807, 2.05) is 0 Å². The first-order chi connectivity index (χ1) is 14.1. The molecule has 3 rings (SSSR count). The van der Waals surface area contributed by atoms with Crippen LogP contribution in [0, 0.1) is 0 Å². The van der Waals surface area contributed by atoms with Crippen molar-refractivity contribution in [1.29, 1.82) is 0 Å². The quantitative estimate of drug-likeness (QED) is 0.676. The van der Waals surface area contributed by atoms with E-state index < -0.39 is 30.3 Å². The van der Waals surface area contributed by atoms with E-state index in [0.29, 0.717) is 41.6 Å². The predicted molar refractivity (Wildman–Crippen MR) is 106 cm³/mol. The Kier molecular flexibility index (Phi) is 6.34. The van der Waals surface area contributed by atoms with Gasteiger partial charge in [0.05, 0.1) is 0 Å². The number of carbonyl (C=O) groups excluding carboxylic acids is 2. The molecule has 12 heteroatoms. The monoisotopic (exact) mass is 443 g/mol. The molecular formula is C18H20F3N5O3S. The van der Waals surface area contributed by atoms with Gasteiger partial charge in [-0.3, -0.25) is 4.79 Å². The Morgan fingerprint density at radius 3 is 2.50 bits per heavy atom. The number of anilines is 1. The molecule has 1 aliphatic rings. The minimum atomic E-state index is -4.59. The third-order valence-corrected chi connectivity index (χ3v) is 5.34. The van der Waals surface area contributed by atoms with E-state index in [-0.39, 0.29) is 11.7 Å². The zero-order valence-electron chi connectivity index (χ0n) is 15.7. The molecule has 162 valence electrons. The molecule has 0 spiro atoms. The number of alkyl halides is 3. The fourth-order valence-corrected chi connectivity index (χ4v) is 3.91. The normalized spacial score (nSPS) is 15.1. The lowest BCUT2D eigenvalue weighted by Gasteiger charge is -2.32. The molecule has 2 aromatic rings. The molecular weight excluding hydrogens is 423 g/mol. The van der Waals surface area contributed by atoms with Gasteiger partial charge in [0.1, 0.15) is 12.2 Å². The number of amides is 4. The highest BCUT2D eigenvalue weighted by atomic mass is 32.1. The Hall–Kier alpha value is -3.02. The number of pyridine rings is 1. The van der Waals surface area contributed by atoms with Crippen LogP contribution in [0.1, 0.15) is 12.8 Å². The smallest absolute Gasteiger partial charge is 0.352 e. The molecule has 0 saturated carbocycles. The SMILES string of the molecule is NC(=O)NC1CCN(C(=O)Nc2cc(-c3ccsc3)cn(CC(F)(F)F)c2=O)CC1. The Morgan fingerprint density at radius 2 is 1.93 bits per heavy atom. The third-order valence-electron chi connectivity index (χ3n) is 4.66. The van der Waals surface area contributed by atoms with Crippen LogP contribution in [-0.2, 0) is 6.54 Å². The molecule has 8 nitrogen and oxygen atoms in total. The standard InChI is InChI=1S/C18H20F3N5O3S/c19-18(20,21)10-26-8-12(11-3-6-30-9-11)7-14(15(26)27)24-17(29)25-4-1-13(2-5-25)23-16(22)28/h3,6-9,13H,1-2,4-5,10H2,(H,24,29)(H3,22,23,28). The number of hydrogen-bond acceptors (Lipinski definition) is 4. The molecule has 0 aromatic carbocycles. The zero-order chi connectivity index (χ0) is 21.9. The van der Waals surface area contributed by atoms with E-state index in [1.165, 1.54) is 22.3 Å². The lowest BCUT2D eigenvalue weighted by atomic mass is 10.1. The number of carbonyl (C=O) groups is 2. The van der Waals surface area contributed by atoms with Crippen molar-refractivity contribution in [3.63, 3.8) is 0 Å². The Morgan fingerprint density at radius 1 is 1.23 bits per heavy atom. The maximum absolute atomic E-state index is 12.9. The van der Waals surface area contributed by atoms with Crippen molar-refractivity contribution in [2.75, 3.05) is 18.4 Å². The average Bonchev–Trinajstić information content (AvgIpc) is 3.18. The zero-order valence-corrected chi connectivity index (χ0v) is 16.6. The molecule has 1 fully saturated rings. The van der Waals surface area contributed by atoms with Crippen molar-refractivity contribution >= 4 is 29.1 Å².